The second-order valence-corrected chi connectivity index (χ2v) is 14.0. The standard InChI is InChI=1S/C30H43NO3/c1-17-9-12-30(34)14-13-29(7)24(23(30)18(17)2)20(32)15-22-27(5)16-19(31-8)25(33)26(3,4)21(27)10-11-28(22,29)6/h15,17-18,21,23-24,33-34H,9-14,16H2,1-7H3/t17-,18+,21+,23+,24-,27+,28-,29-,30+/m1/s1. The van der Waals surface area contributed by atoms with E-state index in [2.05, 4.69) is 53.3 Å². The number of fused-ring (bicyclic) bond motifs is 7. The van der Waals surface area contributed by atoms with Crippen LogP contribution in [0.5, 0.6) is 0 Å². The summed E-state index contributed by atoms with van der Waals surface area (Å²) in [7, 11) is 0. The molecule has 0 unspecified atom stereocenters. The van der Waals surface area contributed by atoms with E-state index in [4.69, 9.17) is 6.57 Å². The monoisotopic (exact) mass is 465 g/mol. The molecule has 4 heteroatoms. The molecule has 0 aromatic carbocycles. The molecule has 0 amide bonds. The van der Waals surface area contributed by atoms with Gasteiger partial charge in [-0.25, -0.2) is 4.85 Å². The van der Waals surface area contributed by atoms with Gasteiger partial charge in [0.1, 0.15) is 5.76 Å². The fourth-order valence-corrected chi connectivity index (χ4v) is 10.1. The van der Waals surface area contributed by atoms with Crippen LogP contribution in [0.3, 0.4) is 0 Å². The van der Waals surface area contributed by atoms with Crippen LogP contribution in [-0.4, -0.2) is 21.6 Å². The minimum Gasteiger partial charge on any atom is -0.523 e. The van der Waals surface area contributed by atoms with Gasteiger partial charge >= 0.3 is 0 Å². The van der Waals surface area contributed by atoms with Gasteiger partial charge in [0.05, 0.1) is 12.2 Å². The first kappa shape index (κ1) is 24.1. The first-order valence-electron chi connectivity index (χ1n) is 13.5. The number of aliphatic hydroxyl groups excluding tert-OH is 1. The van der Waals surface area contributed by atoms with Crippen LogP contribution in [-0.2, 0) is 4.79 Å². The molecule has 0 radical (unpaired) electrons. The topological polar surface area (TPSA) is 61.9 Å². The van der Waals surface area contributed by atoms with Gasteiger partial charge in [-0.05, 0) is 85.0 Å². The molecule has 9 atom stereocenters. The Bertz CT molecular complexity index is 1050. The predicted molar refractivity (Wildman–Crippen MR) is 134 cm³/mol. The highest BCUT2D eigenvalue weighted by Gasteiger charge is 2.70. The molecule has 0 aromatic heterocycles. The first-order chi connectivity index (χ1) is 15.7. The Kier molecular flexibility index (Phi) is 4.96. The Labute approximate surface area is 205 Å². The summed E-state index contributed by atoms with van der Waals surface area (Å²) in [4.78, 5) is 17.9. The molecule has 2 N–H and O–H groups in total. The minimum absolute atomic E-state index is 0.00759. The SMILES string of the molecule is [C-]#[N+]C1=C(O)C(C)(C)[C@@H]2CC[C@]3(C)C(=CC(=O)[C@@H]4[C@@H]5[C@@H](C)[C@H](C)CC[C@]5(O)CC[C@]43C)[C@@]2(C)C1. The van der Waals surface area contributed by atoms with Crippen LogP contribution in [0, 0.1) is 57.8 Å². The van der Waals surface area contributed by atoms with Crippen molar-refractivity contribution in [2.75, 3.05) is 0 Å². The smallest absolute Gasteiger partial charge is 0.203 e. The first-order valence-corrected chi connectivity index (χ1v) is 13.5. The number of hydrogen-bond donors (Lipinski definition) is 2. The van der Waals surface area contributed by atoms with Crippen molar-refractivity contribution in [3.05, 3.63) is 34.5 Å². The number of aliphatic hydroxyl groups is 2. The Morgan fingerprint density at radius 3 is 2.35 bits per heavy atom. The quantitative estimate of drug-likeness (QED) is 0.384. The summed E-state index contributed by atoms with van der Waals surface area (Å²) in [6.07, 6.45) is 7.92. The van der Waals surface area contributed by atoms with Crippen LogP contribution in [0.2, 0.25) is 0 Å². The largest absolute Gasteiger partial charge is 0.523 e. The van der Waals surface area contributed by atoms with E-state index >= 15 is 0 Å². The van der Waals surface area contributed by atoms with Gasteiger partial charge in [-0.3, -0.25) is 4.79 Å². The summed E-state index contributed by atoms with van der Waals surface area (Å²) in [5.41, 5.74) is -0.246. The second-order valence-electron chi connectivity index (χ2n) is 14.0. The number of carbonyl (C=O) groups excluding carboxylic acids is 1. The second kappa shape index (κ2) is 7.00. The highest BCUT2D eigenvalue weighted by Crippen LogP contribution is 2.74. The van der Waals surface area contributed by atoms with Crippen molar-refractivity contribution in [2.45, 2.75) is 99.0 Å². The molecular formula is C30H43NO3. The average molecular weight is 466 g/mol. The van der Waals surface area contributed by atoms with E-state index in [-0.39, 0.29) is 45.5 Å². The van der Waals surface area contributed by atoms with Gasteiger partial charge in [-0.1, -0.05) is 54.0 Å². The lowest BCUT2D eigenvalue weighted by Gasteiger charge is -2.69. The van der Waals surface area contributed by atoms with Crippen molar-refractivity contribution in [1.82, 2.24) is 0 Å². The lowest BCUT2D eigenvalue weighted by molar-refractivity contribution is -0.203. The van der Waals surface area contributed by atoms with Crippen LogP contribution in [0.15, 0.2) is 23.1 Å². The van der Waals surface area contributed by atoms with Gasteiger partial charge in [-0.2, -0.15) is 0 Å². The zero-order valence-corrected chi connectivity index (χ0v) is 22.2. The fourth-order valence-electron chi connectivity index (χ4n) is 10.1. The lowest BCUT2D eigenvalue weighted by Crippen LogP contribution is -2.67. The van der Waals surface area contributed by atoms with E-state index < -0.39 is 11.0 Å². The summed E-state index contributed by atoms with van der Waals surface area (Å²) in [6, 6.07) is 0. The third-order valence-electron chi connectivity index (χ3n) is 12.4. The maximum Gasteiger partial charge on any atom is 0.203 e. The Morgan fingerprint density at radius 2 is 1.71 bits per heavy atom. The molecule has 34 heavy (non-hydrogen) atoms. The molecular weight excluding hydrogens is 422 g/mol. The fraction of sp³-hybridized carbons (Fsp3) is 0.800. The van der Waals surface area contributed by atoms with E-state index in [1.54, 1.807) is 0 Å². The molecule has 3 saturated carbocycles. The number of carbonyl (C=O) groups is 1. The third-order valence-corrected chi connectivity index (χ3v) is 12.4. The van der Waals surface area contributed by atoms with Crippen molar-refractivity contribution in [3.8, 4) is 0 Å². The molecule has 0 heterocycles. The summed E-state index contributed by atoms with van der Waals surface area (Å²) < 4.78 is 0. The summed E-state index contributed by atoms with van der Waals surface area (Å²) in [5.74, 6) is 1.31. The van der Waals surface area contributed by atoms with Gasteiger partial charge in [0, 0.05) is 17.3 Å². The molecule has 5 aliphatic carbocycles. The van der Waals surface area contributed by atoms with Crippen molar-refractivity contribution >= 4 is 5.78 Å². The van der Waals surface area contributed by atoms with Gasteiger partial charge in [0.2, 0.25) is 5.70 Å². The van der Waals surface area contributed by atoms with E-state index in [9.17, 15) is 15.0 Å². The third kappa shape index (κ3) is 2.66. The number of rotatable bonds is 0. The van der Waals surface area contributed by atoms with Gasteiger partial charge in [-0.15, -0.1) is 0 Å². The van der Waals surface area contributed by atoms with Crippen molar-refractivity contribution in [3.63, 3.8) is 0 Å². The number of nitrogens with zero attached hydrogens (tertiary/aromatic N) is 1. The van der Waals surface area contributed by atoms with Crippen molar-refractivity contribution in [1.29, 1.82) is 0 Å². The lowest BCUT2D eigenvalue weighted by atomic mass is 9.35. The van der Waals surface area contributed by atoms with Crippen LogP contribution in [0.25, 0.3) is 4.85 Å². The van der Waals surface area contributed by atoms with Crippen LogP contribution >= 0.6 is 0 Å². The van der Waals surface area contributed by atoms with Crippen LogP contribution in [0.1, 0.15) is 93.4 Å². The number of ketones is 1. The molecule has 0 bridgehead atoms. The number of hydrogen-bond acceptors (Lipinski definition) is 3. The van der Waals surface area contributed by atoms with E-state index in [1.807, 2.05) is 6.08 Å². The normalized spacial score (nSPS) is 51.9. The predicted octanol–water partition coefficient (Wildman–Crippen LogP) is 6.87. The highest BCUT2D eigenvalue weighted by molar-refractivity contribution is 5.95. The zero-order valence-electron chi connectivity index (χ0n) is 22.2. The zero-order chi connectivity index (χ0) is 25.1. The van der Waals surface area contributed by atoms with E-state index in [0.717, 1.165) is 38.5 Å². The highest BCUT2D eigenvalue weighted by atomic mass is 16.3. The maximum absolute atomic E-state index is 14.2. The molecule has 5 rings (SSSR count). The summed E-state index contributed by atoms with van der Waals surface area (Å²) in [5, 5.41) is 22.8. The number of allylic oxidation sites excluding steroid dienone is 4. The van der Waals surface area contributed by atoms with E-state index in [1.165, 1.54) is 5.57 Å². The van der Waals surface area contributed by atoms with Gasteiger partial charge in [0.25, 0.3) is 0 Å². The van der Waals surface area contributed by atoms with Gasteiger partial charge in [0.15, 0.2) is 5.78 Å². The molecule has 0 aromatic rings. The Hall–Kier alpha value is -1.60. The summed E-state index contributed by atoms with van der Waals surface area (Å²) >= 11 is 0. The van der Waals surface area contributed by atoms with Crippen LogP contribution in [0.4, 0.5) is 0 Å². The average Bonchev–Trinajstić information content (AvgIpc) is 2.76. The molecule has 0 saturated heterocycles. The molecule has 4 nitrogen and oxygen atoms in total. The Balaban J connectivity index is 1.68. The molecule has 0 aliphatic heterocycles. The molecule has 3 fully saturated rings. The van der Waals surface area contributed by atoms with Crippen molar-refractivity contribution in [2.24, 2.45) is 51.2 Å². The van der Waals surface area contributed by atoms with Crippen molar-refractivity contribution < 1.29 is 15.0 Å². The molecule has 5 aliphatic rings. The van der Waals surface area contributed by atoms with Crippen LogP contribution < -0.4 is 0 Å². The van der Waals surface area contributed by atoms with Gasteiger partial charge < -0.3 is 10.2 Å². The Morgan fingerprint density at radius 1 is 1.03 bits per heavy atom. The minimum atomic E-state index is -0.729. The summed E-state index contributed by atoms with van der Waals surface area (Å²) in [6.45, 7) is 23.4. The van der Waals surface area contributed by atoms with E-state index in [0.29, 0.717) is 24.0 Å². The maximum atomic E-state index is 14.2. The molecule has 0 spiro atoms. The molecule has 186 valence electrons.